The van der Waals surface area contributed by atoms with Crippen LogP contribution in [0.5, 0.6) is 5.75 Å². The van der Waals surface area contributed by atoms with Crippen LogP contribution in [0.15, 0.2) is 58.2 Å². The molecule has 1 aromatic heterocycles. The molecule has 0 aliphatic carbocycles. The van der Waals surface area contributed by atoms with Crippen molar-refractivity contribution in [2.45, 2.75) is 18.3 Å². The van der Waals surface area contributed by atoms with E-state index in [-0.39, 0.29) is 18.3 Å². The van der Waals surface area contributed by atoms with E-state index < -0.39 is 0 Å². The van der Waals surface area contributed by atoms with E-state index in [9.17, 15) is 4.79 Å². The lowest BCUT2D eigenvalue weighted by atomic mass is 10.2. The van der Waals surface area contributed by atoms with Crippen molar-refractivity contribution < 1.29 is 9.53 Å². The average Bonchev–Trinajstić information content (AvgIpc) is 3.06. The van der Waals surface area contributed by atoms with Crippen LogP contribution in [0.4, 0.5) is 0 Å². The van der Waals surface area contributed by atoms with Crippen molar-refractivity contribution in [1.29, 1.82) is 0 Å². The second-order valence-electron chi connectivity index (χ2n) is 6.34. The van der Waals surface area contributed by atoms with E-state index in [1.54, 1.807) is 24.1 Å². The van der Waals surface area contributed by atoms with Gasteiger partial charge in [-0.1, -0.05) is 63.6 Å². The van der Waals surface area contributed by atoms with Crippen molar-refractivity contribution in [2.75, 3.05) is 12.8 Å². The largest absolute Gasteiger partial charge is 0.484 e. The molecule has 0 spiro atoms. The quantitative estimate of drug-likeness (QED) is 0.429. The molecule has 0 saturated carbocycles. The standard InChI is InChI=1S/C20H20BrClN4O2S/c1-25(11-14-7-9-15(21)10-8-14)19(27)13-29-20-24-23-18(26(20)2)12-28-17-6-4-3-5-16(17)22/h3-10H,11-13H2,1-2H3. The molecule has 0 fully saturated rings. The number of para-hydroxylation sites is 1. The van der Waals surface area contributed by atoms with E-state index in [1.165, 1.54) is 11.8 Å². The molecular weight excluding hydrogens is 476 g/mol. The third-order valence-corrected chi connectivity index (χ3v) is 6.05. The van der Waals surface area contributed by atoms with Crippen LogP contribution in [0.25, 0.3) is 0 Å². The molecule has 0 aliphatic heterocycles. The molecule has 29 heavy (non-hydrogen) atoms. The first-order valence-corrected chi connectivity index (χ1v) is 11.0. The average molecular weight is 496 g/mol. The topological polar surface area (TPSA) is 60.3 Å². The summed E-state index contributed by atoms with van der Waals surface area (Å²) >= 11 is 10.9. The minimum Gasteiger partial charge on any atom is -0.484 e. The predicted molar refractivity (Wildman–Crippen MR) is 118 cm³/mol. The number of nitrogens with zero attached hydrogens (tertiary/aromatic N) is 4. The molecule has 0 saturated heterocycles. The Balaban J connectivity index is 1.52. The number of halogens is 2. The summed E-state index contributed by atoms with van der Waals surface area (Å²) in [5.41, 5.74) is 1.08. The first-order valence-electron chi connectivity index (χ1n) is 8.81. The minimum absolute atomic E-state index is 0.0230. The molecule has 0 radical (unpaired) electrons. The van der Waals surface area contributed by atoms with Gasteiger partial charge < -0.3 is 14.2 Å². The van der Waals surface area contributed by atoms with Gasteiger partial charge in [0.05, 0.1) is 10.8 Å². The highest BCUT2D eigenvalue weighted by Gasteiger charge is 2.15. The van der Waals surface area contributed by atoms with E-state index in [4.69, 9.17) is 16.3 Å². The SMILES string of the molecule is CN(Cc1ccc(Br)cc1)C(=O)CSc1nnc(COc2ccccc2Cl)n1C. The number of aromatic nitrogens is 3. The Morgan fingerprint density at radius 2 is 1.93 bits per heavy atom. The summed E-state index contributed by atoms with van der Waals surface area (Å²) in [6.07, 6.45) is 0. The molecule has 1 heterocycles. The monoisotopic (exact) mass is 494 g/mol. The Kier molecular flexibility index (Phi) is 7.57. The number of hydrogen-bond acceptors (Lipinski definition) is 5. The predicted octanol–water partition coefficient (Wildman–Crippen LogP) is 4.56. The summed E-state index contributed by atoms with van der Waals surface area (Å²) < 4.78 is 8.55. The van der Waals surface area contributed by atoms with E-state index >= 15 is 0 Å². The molecule has 0 unspecified atom stereocenters. The molecule has 2 aromatic carbocycles. The Labute approximate surface area is 187 Å². The van der Waals surface area contributed by atoms with Crippen molar-refractivity contribution >= 4 is 45.2 Å². The highest BCUT2D eigenvalue weighted by atomic mass is 79.9. The second-order valence-corrected chi connectivity index (χ2v) is 8.61. The maximum Gasteiger partial charge on any atom is 0.233 e. The van der Waals surface area contributed by atoms with Gasteiger partial charge in [0.25, 0.3) is 0 Å². The zero-order valence-electron chi connectivity index (χ0n) is 16.0. The number of carbonyl (C=O) groups excluding carboxylic acids is 1. The molecule has 0 bridgehead atoms. The number of rotatable bonds is 8. The fourth-order valence-corrected chi connectivity index (χ4v) is 3.81. The Hall–Kier alpha value is -2.03. The summed E-state index contributed by atoms with van der Waals surface area (Å²) in [5, 5.41) is 9.52. The summed E-state index contributed by atoms with van der Waals surface area (Å²) in [5.74, 6) is 1.55. The first-order chi connectivity index (χ1) is 13.9. The highest BCUT2D eigenvalue weighted by molar-refractivity contribution is 9.10. The number of ether oxygens (including phenoxy) is 1. The van der Waals surface area contributed by atoms with Gasteiger partial charge in [-0.15, -0.1) is 10.2 Å². The lowest BCUT2D eigenvalue weighted by Gasteiger charge is -2.17. The van der Waals surface area contributed by atoms with Crippen LogP contribution >= 0.6 is 39.3 Å². The van der Waals surface area contributed by atoms with Crippen LogP contribution in [0, 0.1) is 0 Å². The number of carbonyl (C=O) groups is 1. The molecule has 0 atom stereocenters. The number of amides is 1. The number of hydrogen-bond donors (Lipinski definition) is 0. The molecule has 6 nitrogen and oxygen atoms in total. The molecule has 152 valence electrons. The second kappa shape index (κ2) is 10.1. The van der Waals surface area contributed by atoms with Crippen molar-refractivity contribution in [1.82, 2.24) is 19.7 Å². The Morgan fingerprint density at radius 1 is 1.21 bits per heavy atom. The number of benzene rings is 2. The van der Waals surface area contributed by atoms with Gasteiger partial charge in [-0.3, -0.25) is 4.79 Å². The Morgan fingerprint density at radius 3 is 2.66 bits per heavy atom. The molecule has 3 rings (SSSR count). The van der Waals surface area contributed by atoms with Crippen molar-refractivity contribution in [3.63, 3.8) is 0 Å². The van der Waals surface area contributed by atoms with Gasteiger partial charge in [0.1, 0.15) is 12.4 Å². The van der Waals surface area contributed by atoms with Crippen LogP contribution in [0.1, 0.15) is 11.4 Å². The lowest BCUT2D eigenvalue weighted by Crippen LogP contribution is -2.27. The maximum absolute atomic E-state index is 12.5. The molecule has 3 aromatic rings. The molecule has 0 N–H and O–H groups in total. The third-order valence-electron chi connectivity index (χ3n) is 4.20. The van der Waals surface area contributed by atoms with Crippen LogP contribution in [-0.4, -0.2) is 38.4 Å². The van der Waals surface area contributed by atoms with Crippen LogP contribution in [0.3, 0.4) is 0 Å². The van der Waals surface area contributed by atoms with E-state index in [0.717, 1.165) is 10.0 Å². The molecule has 1 amide bonds. The van der Waals surface area contributed by atoms with Crippen molar-refractivity contribution in [3.05, 3.63) is 69.4 Å². The van der Waals surface area contributed by atoms with E-state index in [0.29, 0.717) is 28.3 Å². The fourth-order valence-electron chi connectivity index (χ4n) is 2.49. The lowest BCUT2D eigenvalue weighted by molar-refractivity contribution is -0.127. The molecule has 9 heteroatoms. The molecular formula is C20H20BrClN4O2S. The van der Waals surface area contributed by atoms with Gasteiger partial charge >= 0.3 is 0 Å². The first kappa shape index (κ1) is 21.7. The third kappa shape index (κ3) is 5.98. The summed E-state index contributed by atoms with van der Waals surface area (Å²) in [6.45, 7) is 0.799. The van der Waals surface area contributed by atoms with Gasteiger partial charge in [-0.05, 0) is 29.8 Å². The van der Waals surface area contributed by atoms with Gasteiger partial charge in [0.2, 0.25) is 5.91 Å². The van der Waals surface area contributed by atoms with Crippen molar-refractivity contribution in [3.8, 4) is 5.75 Å². The van der Waals surface area contributed by atoms with Gasteiger partial charge in [-0.2, -0.15) is 0 Å². The van der Waals surface area contributed by atoms with E-state index in [2.05, 4.69) is 26.1 Å². The summed E-state index contributed by atoms with van der Waals surface area (Å²) in [4.78, 5) is 14.2. The van der Waals surface area contributed by atoms with E-state index in [1.807, 2.05) is 48.0 Å². The highest BCUT2D eigenvalue weighted by Crippen LogP contribution is 2.24. The van der Waals surface area contributed by atoms with Gasteiger partial charge in [0.15, 0.2) is 11.0 Å². The van der Waals surface area contributed by atoms with Crippen LogP contribution in [0.2, 0.25) is 5.02 Å². The normalized spacial score (nSPS) is 10.8. The fraction of sp³-hybridized carbons (Fsp3) is 0.250. The summed E-state index contributed by atoms with van der Waals surface area (Å²) in [6, 6.07) is 15.2. The number of thioether (sulfide) groups is 1. The van der Waals surface area contributed by atoms with Crippen LogP contribution < -0.4 is 4.74 Å². The van der Waals surface area contributed by atoms with Gasteiger partial charge in [0, 0.05) is 25.1 Å². The molecule has 0 aliphatic rings. The zero-order chi connectivity index (χ0) is 20.8. The maximum atomic E-state index is 12.5. The Bertz CT molecular complexity index is 981. The zero-order valence-corrected chi connectivity index (χ0v) is 19.2. The van der Waals surface area contributed by atoms with Crippen molar-refractivity contribution in [2.24, 2.45) is 7.05 Å². The smallest absolute Gasteiger partial charge is 0.233 e. The van der Waals surface area contributed by atoms with Crippen LogP contribution in [-0.2, 0) is 25.0 Å². The minimum atomic E-state index is 0.0230. The summed E-state index contributed by atoms with van der Waals surface area (Å²) in [7, 11) is 3.65. The van der Waals surface area contributed by atoms with Gasteiger partial charge in [-0.25, -0.2) is 0 Å².